The van der Waals surface area contributed by atoms with Crippen LogP contribution >= 0.6 is 0 Å². The highest BCUT2D eigenvalue weighted by Gasteiger charge is 2.07. The third-order valence-electron chi connectivity index (χ3n) is 5.09. The van der Waals surface area contributed by atoms with E-state index in [-0.39, 0.29) is 0 Å². The minimum Gasteiger partial charge on any atom is -0.380 e. The molecule has 0 amide bonds. The third kappa shape index (κ3) is 2.28. The molecule has 0 fully saturated rings. The van der Waals surface area contributed by atoms with E-state index in [2.05, 4.69) is 78.9 Å². The predicted octanol–water partition coefficient (Wildman–Crippen LogP) is 6.45. The van der Waals surface area contributed by atoms with Crippen LogP contribution in [0.3, 0.4) is 0 Å². The van der Waals surface area contributed by atoms with Crippen molar-refractivity contribution in [1.29, 1.82) is 0 Å². The van der Waals surface area contributed by atoms with Crippen LogP contribution in [0.25, 0.3) is 43.1 Å². The van der Waals surface area contributed by atoms with Gasteiger partial charge in [0.1, 0.15) is 0 Å². The highest BCUT2D eigenvalue weighted by Crippen LogP contribution is 2.33. The molecule has 0 atom stereocenters. The van der Waals surface area contributed by atoms with Gasteiger partial charge in [-0.1, -0.05) is 54.6 Å². The smallest absolute Gasteiger partial charge is 0.0719 e. The normalized spacial score (nSPS) is 11.7. The SMILES string of the molecule is COCc1cccc2cc3ccc4cc5ccccc5cc4c3cc12. The van der Waals surface area contributed by atoms with E-state index in [1.54, 1.807) is 7.11 Å². The molecule has 5 aromatic rings. The molecule has 5 aromatic carbocycles. The average molecular weight is 322 g/mol. The molecule has 5 rings (SSSR count). The van der Waals surface area contributed by atoms with Crippen LogP contribution in [0, 0.1) is 0 Å². The highest BCUT2D eigenvalue weighted by molar-refractivity contribution is 6.15. The predicted molar refractivity (Wildman–Crippen MR) is 107 cm³/mol. The van der Waals surface area contributed by atoms with Gasteiger partial charge >= 0.3 is 0 Å². The summed E-state index contributed by atoms with van der Waals surface area (Å²) in [7, 11) is 1.75. The van der Waals surface area contributed by atoms with Crippen LogP contribution in [0.4, 0.5) is 0 Å². The third-order valence-corrected chi connectivity index (χ3v) is 5.09. The topological polar surface area (TPSA) is 9.23 Å². The van der Waals surface area contributed by atoms with E-state index in [9.17, 15) is 0 Å². The van der Waals surface area contributed by atoms with Gasteiger partial charge in [0.05, 0.1) is 6.61 Å². The second kappa shape index (κ2) is 5.58. The van der Waals surface area contributed by atoms with Crippen molar-refractivity contribution in [3.05, 3.63) is 84.4 Å². The molecule has 0 N–H and O–H groups in total. The molecule has 0 aliphatic rings. The molecule has 0 radical (unpaired) electrons. The first-order chi connectivity index (χ1) is 12.3. The number of methoxy groups -OCH3 is 1. The Morgan fingerprint density at radius 3 is 1.92 bits per heavy atom. The first-order valence-corrected chi connectivity index (χ1v) is 8.59. The van der Waals surface area contributed by atoms with Crippen molar-refractivity contribution in [2.24, 2.45) is 0 Å². The van der Waals surface area contributed by atoms with Crippen molar-refractivity contribution < 1.29 is 4.74 Å². The Hall–Kier alpha value is -2.90. The maximum Gasteiger partial charge on any atom is 0.0719 e. The molecule has 0 unspecified atom stereocenters. The zero-order chi connectivity index (χ0) is 16.8. The number of rotatable bonds is 2. The highest BCUT2D eigenvalue weighted by atomic mass is 16.5. The van der Waals surface area contributed by atoms with Crippen molar-refractivity contribution in [2.75, 3.05) is 7.11 Å². The fourth-order valence-electron chi connectivity index (χ4n) is 3.87. The van der Waals surface area contributed by atoms with E-state index in [1.807, 2.05) is 0 Å². The summed E-state index contributed by atoms with van der Waals surface area (Å²) in [6.45, 7) is 0.635. The number of fused-ring (bicyclic) bond motifs is 5. The van der Waals surface area contributed by atoms with Crippen molar-refractivity contribution in [2.45, 2.75) is 6.61 Å². The van der Waals surface area contributed by atoms with E-state index in [4.69, 9.17) is 4.74 Å². The molecule has 0 bridgehead atoms. The van der Waals surface area contributed by atoms with Gasteiger partial charge in [-0.2, -0.15) is 0 Å². The molecule has 0 saturated heterocycles. The van der Waals surface area contributed by atoms with Gasteiger partial charge in [-0.3, -0.25) is 0 Å². The lowest BCUT2D eigenvalue weighted by atomic mass is 9.94. The molecular weight excluding hydrogens is 304 g/mol. The fraction of sp³-hybridized carbons (Fsp3) is 0.0833. The van der Waals surface area contributed by atoms with Gasteiger partial charge in [0, 0.05) is 7.11 Å². The maximum atomic E-state index is 5.39. The van der Waals surface area contributed by atoms with Crippen molar-refractivity contribution >= 4 is 43.1 Å². The monoisotopic (exact) mass is 322 g/mol. The van der Waals surface area contributed by atoms with Gasteiger partial charge < -0.3 is 4.74 Å². The number of benzene rings is 5. The zero-order valence-electron chi connectivity index (χ0n) is 14.1. The molecule has 0 saturated carbocycles. The van der Waals surface area contributed by atoms with E-state index < -0.39 is 0 Å². The molecular formula is C24H18O. The van der Waals surface area contributed by atoms with E-state index in [1.165, 1.54) is 48.7 Å². The van der Waals surface area contributed by atoms with Gasteiger partial charge in [-0.05, 0) is 72.9 Å². The van der Waals surface area contributed by atoms with Crippen molar-refractivity contribution in [3.8, 4) is 0 Å². The summed E-state index contributed by atoms with van der Waals surface area (Å²) in [5.41, 5.74) is 1.24. The Morgan fingerprint density at radius 1 is 0.560 bits per heavy atom. The fourth-order valence-corrected chi connectivity index (χ4v) is 3.87. The zero-order valence-corrected chi connectivity index (χ0v) is 14.1. The lowest BCUT2D eigenvalue weighted by Crippen LogP contribution is -1.90. The standard InChI is InChI=1S/C24H18O/c1-25-15-21-8-4-7-18-12-20-10-9-19-11-16-5-2-3-6-17(16)13-23(19)24(20)14-22(18)21/h2-14H,15H2,1H3. The molecule has 0 aliphatic heterocycles. The molecule has 1 nitrogen and oxygen atoms in total. The van der Waals surface area contributed by atoms with E-state index in [0.29, 0.717) is 6.61 Å². The van der Waals surface area contributed by atoms with Gasteiger partial charge in [-0.15, -0.1) is 0 Å². The molecule has 0 aliphatic carbocycles. The summed E-state index contributed by atoms with van der Waals surface area (Å²) in [4.78, 5) is 0. The van der Waals surface area contributed by atoms with Crippen LogP contribution in [-0.2, 0) is 11.3 Å². The summed E-state index contributed by atoms with van der Waals surface area (Å²) >= 11 is 0. The van der Waals surface area contributed by atoms with Crippen LogP contribution in [0.1, 0.15) is 5.56 Å². The van der Waals surface area contributed by atoms with E-state index >= 15 is 0 Å². The molecule has 0 spiro atoms. The Kier molecular flexibility index (Phi) is 3.22. The van der Waals surface area contributed by atoms with Crippen LogP contribution in [0.5, 0.6) is 0 Å². The lowest BCUT2D eigenvalue weighted by Gasteiger charge is -2.11. The second-order valence-corrected chi connectivity index (χ2v) is 6.63. The maximum absolute atomic E-state index is 5.39. The minimum absolute atomic E-state index is 0.635. The summed E-state index contributed by atoms with van der Waals surface area (Å²) in [5, 5.41) is 10.3. The van der Waals surface area contributed by atoms with Crippen molar-refractivity contribution in [3.63, 3.8) is 0 Å². The average Bonchev–Trinajstić information content (AvgIpc) is 2.65. The molecule has 0 aromatic heterocycles. The van der Waals surface area contributed by atoms with Gasteiger partial charge in [-0.25, -0.2) is 0 Å². The Labute approximate surface area is 146 Å². The summed E-state index contributed by atoms with van der Waals surface area (Å²) in [6, 6.07) is 28.7. The Bertz CT molecular complexity index is 1250. The molecule has 0 heterocycles. The molecule has 25 heavy (non-hydrogen) atoms. The first kappa shape index (κ1) is 14.4. The molecule has 1 heteroatoms. The Morgan fingerprint density at radius 2 is 1.16 bits per heavy atom. The van der Waals surface area contributed by atoms with Gasteiger partial charge in [0.15, 0.2) is 0 Å². The number of ether oxygens (including phenoxy) is 1. The first-order valence-electron chi connectivity index (χ1n) is 8.59. The van der Waals surface area contributed by atoms with Crippen LogP contribution in [0.15, 0.2) is 78.9 Å². The second-order valence-electron chi connectivity index (χ2n) is 6.63. The lowest BCUT2D eigenvalue weighted by molar-refractivity contribution is 0.186. The summed E-state index contributed by atoms with van der Waals surface area (Å²) in [5.74, 6) is 0. The Balaban J connectivity index is 1.92. The number of hydrogen-bond donors (Lipinski definition) is 0. The molecule has 120 valence electrons. The van der Waals surface area contributed by atoms with Gasteiger partial charge in [0.25, 0.3) is 0 Å². The number of hydrogen-bond acceptors (Lipinski definition) is 1. The summed E-state index contributed by atoms with van der Waals surface area (Å²) < 4.78 is 5.39. The largest absolute Gasteiger partial charge is 0.380 e. The van der Waals surface area contributed by atoms with Crippen LogP contribution in [0.2, 0.25) is 0 Å². The van der Waals surface area contributed by atoms with Crippen molar-refractivity contribution in [1.82, 2.24) is 0 Å². The van der Waals surface area contributed by atoms with Gasteiger partial charge in [0.2, 0.25) is 0 Å². The van der Waals surface area contributed by atoms with Crippen LogP contribution in [-0.4, -0.2) is 7.11 Å². The van der Waals surface area contributed by atoms with Crippen LogP contribution < -0.4 is 0 Å². The van der Waals surface area contributed by atoms with E-state index in [0.717, 1.165) is 0 Å². The summed E-state index contributed by atoms with van der Waals surface area (Å²) in [6.07, 6.45) is 0. The quantitative estimate of drug-likeness (QED) is 0.268. The minimum atomic E-state index is 0.635.